The van der Waals surface area contributed by atoms with Gasteiger partial charge in [-0.1, -0.05) is 35.9 Å². The van der Waals surface area contributed by atoms with Crippen LogP contribution in [-0.2, 0) is 13.5 Å². The van der Waals surface area contributed by atoms with E-state index in [-0.39, 0.29) is 11.9 Å². The van der Waals surface area contributed by atoms with Crippen LogP contribution in [-0.4, -0.2) is 41.1 Å². The normalized spacial score (nSPS) is 15.8. The van der Waals surface area contributed by atoms with Gasteiger partial charge >= 0.3 is 0 Å². The Morgan fingerprint density at radius 1 is 1.07 bits per heavy atom. The highest BCUT2D eigenvalue weighted by Crippen LogP contribution is 2.21. The van der Waals surface area contributed by atoms with Gasteiger partial charge in [0.15, 0.2) is 0 Å². The molecule has 3 aromatic rings. The van der Waals surface area contributed by atoms with Crippen LogP contribution in [0.15, 0.2) is 54.7 Å². The van der Waals surface area contributed by atoms with E-state index in [1.807, 2.05) is 31.2 Å². The van der Waals surface area contributed by atoms with Gasteiger partial charge in [-0.2, -0.15) is 0 Å². The first kappa shape index (κ1) is 18.8. The third kappa shape index (κ3) is 4.12. The molecule has 0 bridgehead atoms. The number of carbonyl (C=O) groups excluding carboxylic acids is 1. The number of aromatic nitrogens is 1. The van der Waals surface area contributed by atoms with Gasteiger partial charge in [0.25, 0.3) is 5.91 Å². The molecule has 146 valence electrons. The number of hydrogen-bond acceptors (Lipinski definition) is 2. The van der Waals surface area contributed by atoms with Crippen LogP contribution in [0, 0.1) is 6.92 Å². The fraction of sp³-hybridized carbons (Fsp3) is 0.375. The number of nitrogens with zero attached hydrogens (tertiary/aromatic N) is 2. The van der Waals surface area contributed by atoms with Gasteiger partial charge < -0.3 is 14.8 Å². The summed E-state index contributed by atoms with van der Waals surface area (Å²) >= 11 is 0. The van der Waals surface area contributed by atoms with Crippen LogP contribution < -0.4 is 5.32 Å². The predicted molar refractivity (Wildman–Crippen MR) is 115 cm³/mol. The molecule has 4 rings (SSSR count). The largest absolute Gasteiger partial charge is 0.350 e. The van der Waals surface area contributed by atoms with E-state index in [1.54, 1.807) is 0 Å². The zero-order chi connectivity index (χ0) is 19.5. The summed E-state index contributed by atoms with van der Waals surface area (Å²) in [4.78, 5) is 14.9. The first-order valence-corrected chi connectivity index (χ1v) is 10.2. The molecule has 1 aromatic heterocycles. The van der Waals surface area contributed by atoms with Crippen molar-refractivity contribution >= 4 is 16.8 Å². The summed E-state index contributed by atoms with van der Waals surface area (Å²) in [5.41, 5.74) is 4.66. The van der Waals surface area contributed by atoms with E-state index < -0.39 is 0 Å². The molecule has 1 fully saturated rings. The highest BCUT2D eigenvalue weighted by Gasteiger charge is 2.21. The van der Waals surface area contributed by atoms with Crippen molar-refractivity contribution in [2.24, 2.45) is 7.05 Å². The van der Waals surface area contributed by atoms with E-state index in [0.717, 1.165) is 44.5 Å². The van der Waals surface area contributed by atoms with Crippen molar-refractivity contribution in [2.75, 3.05) is 19.6 Å². The molecule has 0 radical (unpaired) electrons. The summed E-state index contributed by atoms with van der Waals surface area (Å²) in [6, 6.07) is 16.7. The predicted octanol–water partition coefficient (Wildman–Crippen LogP) is 3.92. The molecule has 1 N–H and O–H groups in total. The smallest absolute Gasteiger partial charge is 0.251 e. The number of rotatable bonds is 5. The summed E-state index contributed by atoms with van der Waals surface area (Å²) < 4.78 is 2.22. The quantitative estimate of drug-likeness (QED) is 0.734. The number of para-hydroxylation sites is 1. The van der Waals surface area contributed by atoms with Crippen LogP contribution >= 0.6 is 0 Å². The van der Waals surface area contributed by atoms with Crippen LogP contribution in [0.1, 0.15) is 34.3 Å². The molecule has 4 heteroatoms. The second-order valence-corrected chi connectivity index (χ2v) is 7.99. The standard InChI is InChI=1S/C24H29N3O/c1-18-7-9-19(10-8-18)24(28)25-21-12-15-27(16-13-21)14-11-20-17-26(2)23-6-4-3-5-22(20)23/h3-10,17,21H,11-16H2,1-2H3,(H,25,28). The minimum atomic E-state index is 0.0502. The van der Waals surface area contributed by atoms with E-state index in [2.05, 4.69) is 52.3 Å². The summed E-state index contributed by atoms with van der Waals surface area (Å²) in [5.74, 6) is 0.0502. The van der Waals surface area contributed by atoms with Crippen LogP contribution in [0.5, 0.6) is 0 Å². The van der Waals surface area contributed by atoms with Gasteiger partial charge in [0.1, 0.15) is 0 Å². The van der Waals surface area contributed by atoms with Gasteiger partial charge in [-0.3, -0.25) is 4.79 Å². The molecular formula is C24H29N3O. The summed E-state index contributed by atoms with van der Waals surface area (Å²) in [6.07, 6.45) is 5.38. The van der Waals surface area contributed by atoms with Crippen molar-refractivity contribution < 1.29 is 4.79 Å². The maximum atomic E-state index is 12.4. The first-order valence-electron chi connectivity index (χ1n) is 10.2. The van der Waals surface area contributed by atoms with Gasteiger partial charge in [0, 0.05) is 55.4 Å². The Kier molecular flexibility index (Phi) is 5.49. The first-order chi connectivity index (χ1) is 13.6. The molecule has 0 saturated carbocycles. The van der Waals surface area contributed by atoms with Gasteiger partial charge in [0.2, 0.25) is 0 Å². The number of piperidine rings is 1. The maximum absolute atomic E-state index is 12.4. The lowest BCUT2D eigenvalue weighted by Crippen LogP contribution is -2.45. The monoisotopic (exact) mass is 375 g/mol. The number of hydrogen-bond donors (Lipinski definition) is 1. The molecule has 0 aliphatic carbocycles. The highest BCUT2D eigenvalue weighted by atomic mass is 16.1. The summed E-state index contributed by atoms with van der Waals surface area (Å²) in [6.45, 7) is 5.20. The van der Waals surface area contributed by atoms with Crippen LogP contribution in [0.3, 0.4) is 0 Å². The SMILES string of the molecule is Cc1ccc(C(=O)NC2CCN(CCc3cn(C)c4ccccc34)CC2)cc1. The Morgan fingerprint density at radius 2 is 1.79 bits per heavy atom. The fourth-order valence-corrected chi connectivity index (χ4v) is 4.18. The molecule has 1 aliphatic rings. The molecule has 0 unspecified atom stereocenters. The number of nitrogens with one attached hydrogen (secondary N) is 1. The molecule has 4 nitrogen and oxygen atoms in total. The zero-order valence-electron chi connectivity index (χ0n) is 16.8. The van der Waals surface area contributed by atoms with Gasteiger partial charge in [-0.25, -0.2) is 0 Å². The van der Waals surface area contributed by atoms with E-state index in [1.165, 1.54) is 22.0 Å². The molecule has 0 spiro atoms. The lowest BCUT2D eigenvalue weighted by atomic mass is 10.0. The minimum Gasteiger partial charge on any atom is -0.350 e. The zero-order valence-corrected chi connectivity index (χ0v) is 16.8. The van der Waals surface area contributed by atoms with Crippen molar-refractivity contribution in [1.29, 1.82) is 0 Å². The van der Waals surface area contributed by atoms with E-state index in [4.69, 9.17) is 0 Å². The van der Waals surface area contributed by atoms with Gasteiger partial charge in [-0.05, 0) is 49.9 Å². The van der Waals surface area contributed by atoms with Gasteiger partial charge in [0.05, 0.1) is 0 Å². The third-order valence-corrected chi connectivity index (χ3v) is 5.91. The molecule has 2 aromatic carbocycles. The second kappa shape index (κ2) is 8.19. The summed E-state index contributed by atoms with van der Waals surface area (Å²) in [5, 5.41) is 4.57. The average molecular weight is 376 g/mol. The molecule has 1 amide bonds. The van der Waals surface area contributed by atoms with Crippen molar-refractivity contribution in [3.8, 4) is 0 Å². The Balaban J connectivity index is 1.27. The van der Waals surface area contributed by atoms with Crippen molar-refractivity contribution in [2.45, 2.75) is 32.2 Å². The van der Waals surface area contributed by atoms with Crippen LogP contribution in [0.2, 0.25) is 0 Å². The number of carbonyl (C=O) groups is 1. The Hall–Kier alpha value is -2.59. The number of likely N-dealkylation sites (tertiary alicyclic amines) is 1. The molecule has 0 atom stereocenters. The Labute approximate surface area is 167 Å². The van der Waals surface area contributed by atoms with Crippen molar-refractivity contribution in [3.05, 3.63) is 71.4 Å². The molecule has 1 aliphatic heterocycles. The number of aryl methyl sites for hydroxylation is 2. The van der Waals surface area contributed by atoms with Crippen molar-refractivity contribution in [1.82, 2.24) is 14.8 Å². The Bertz CT molecular complexity index is 950. The second-order valence-electron chi connectivity index (χ2n) is 7.99. The van der Waals surface area contributed by atoms with E-state index in [9.17, 15) is 4.79 Å². The fourth-order valence-electron chi connectivity index (χ4n) is 4.18. The maximum Gasteiger partial charge on any atom is 0.251 e. The topological polar surface area (TPSA) is 37.3 Å². The molecule has 2 heterocycles. The number of amides is 1. The van der Waals surface area contributed by atoms with Gasteiger partial charge in [-0.15, -0.1) is 0 Å². The lowest BCUT2D eigenvalue weighted by Gasteiger charge is -2.32. The Morgan fingerprint density at radius 3 is 2.54 bits per heavy atom. The number of benzene rings is 2. The molecular weight excluding hydrogens is 346 g/mol. The van der Waals surface area contributed by atoms with Crippen molar-refractivity contribution in [3.63, 3.8) is 0 Å². The highest BCUT2D eigenvalue weighted by molar-refractivity contribution is 5.94. The van der Waals surface area contributed by atoms with Crippen LogP contribution in [0.25, 0.3) is 10.9 Å². The summed E-state index contributed by atoms with van der Waals surface area (Å²) in [7, 11) is 2.12. The van der Waals surface area contributed by atoms with Crippen LogP contribution in [0.4, 0.5) is 0 Å². The molecule has 28 heavy (non-hydrogen) atoms. The lowest BCUT2D eigenvalue weighted by molar-refractivity contribution is 0.0911. The third-order valence-electron chi connectivity index (χ3n) is 5.91. The average Bonchev–Trinajstić information content (AvgIpc) is 3.04. The number of fused-ring (bicyclic) bond motifs is 1. The molecule has 1 saturated heterocycles. The van der Waals surface area contributed by atoms with E-state index in [0.29, 0.717) is 0 Å². The minimum absolute atomic E-state index is 0.0502. The van der Waals surface area contributed by atoms with E-state index >= 15 is 0 Å².